The van der Waals surface area contributed by atoms with Gasteiger partial charge in [0.25, 0.3) is 6.43 Å². The third kappa shape index (κ3) is 4.19. The first-order chi connectivity index (χ1) is 15.2. The Bertz CT molecular complexity index is 1280. The van der Waals surface area contributed by atoms with Gasteiger partial charge >= 0.3 is 6.61 Å². The molecule has 2 aromatic heterocycles. The molecule has 14 heteroatoms. The van der Waals surface area contributed by atoms with Gasteiger partial charge in [-0.1, -0.05) is 0 Å². The quantitative estimate of drug-likeness (QED) is 0.417. The summed E-state index contributed by atoms with van der Waals surface area (Å²) in [6.07, 6.45) is -3.13. The number of nitrogens with one attached hydrogen (secondary N) is 1. The van der Waals surface area contributed by atoms with Crippen LogP contribution in [0.5, 0.6) is 5.75 Å². The molecule has 0 spiro atoms. The summed E-state index contributed by atoms with van der Waals surface area (Å²) in [4.78, 5) is 15.3. The molecule has 0 saturated heterocycles. The summed E-state index contributed by atoms with van der Waals surface area (Å²) in [5, 5.41) is 2.70. The smallest absolute Gasteiger partial charge is 0.387 e. The molecular weight excluding hydrogens is 444 g/mol. The predicted octanol–water partition coefficient (Wildman–Crippen LogP) is 4.35. The molecule has 0 aliphatic heterocycles. The van der Waals surface area contributed by atoms with Crippen LogP contribution < -0.4 is 15.8 Å². The van der Waals surface area contributed by atoms with Gasteiger partial charge in [0.05, 0.1) is 11.0 Å². The Morgan fingerprint density at radius 1 is 0.906 bits per heavy atom. The molecule has 0 aliphatic rings. The summed E-state index contributed by atoms with van der Waals surface area (Å²) in [6.45, 7) is -2.99. The lowest BCUT2D eigenvalue weighted by molar-refractivity contribution is -0.0498. The van der Waals surface area contributed by atoms with Crippen LogP contribution in [0.1, 0.15) is 12.2 Å². The Morgan fingerprint density at radius 2 is 1.59 bits per heavy atom. The van der Waals surface area contributed by atoms with Crippen molar-refractivity contribution in [3.63, 3.8) is 0 Å². The molecular formula is C18H11F6N7O. The molecule has 4 aromatic rings. The number of hydrogen-bond acceptors (Lipinski definition) is 7. The molecule has 166 valence electrons. The fraction of sp³-hybridized carbons (Fsp3) is 0.111. The lowest BCUT2D eigenvalue weighted by Gasteiger charge is -2.11. The van der Waals surface area contributed by atoms with E-state index in [1.807, 2.05) is 0 Å². The van der Waals surface area contributed by atoms with Crippen LogP contribution in [0, 0.1) is 11.6 Å². The van der Waals surface area contributed by atoms with Gasteiger partial charge in [0, 0.05) is 17.8 Å². The Labute approximate surface area is 174 Å². The number of alkyl halides is 4. The van der Waals surface area contributed by atoms with E-state index in [1.165, 1.54) is 24.3 Å². The van der Waals surface area contributed by atoms with Crippen molar-refractivity contribution in [2.24, 2.45) is 0 Å². The number of ether oxygens (including phenoxy) is 1. The summed E-state index contributed by atoms with van der Waals surface area (Å²) in [5.41, 5.74) is 5.52. The zero-order chi connectivity index (χ0) is 23.0. The topological polar surface area (TPSA) is 104 Å². The van der Waals surface area contributed by atoms with Gasteiger partial charge in [0.2, 0.25) is 17.8 Å². The third-order valence-corrected chi connectivity index (χ3v) is 4.09. The molecule has 0 amide bonds. The largest absolute Gasteiger partial charge is 0.435 e. The second kappa shape index (κ2) is 8.20. The number of anilines is 3. The summed E-state index contributed by atoms with van der Waals surface area (Å²) in [6, 6.07) is 6.57. The van der Waals surface area contributed by atoms with Crippen LogP contribution in [0.4, 0.5) is 43.9 Å². The number of imidazole rings is 1. The number of fused-ring (bicyclic) bond motifs is 1. The molecule has 0 aliphatic carbocycles. The SMILES string of the molecule is Nc1nc(Nc2ccc(OC(F)F)cc2)nc(-n2c(C(F)F)nc3cc(F)c(F)cc32)n1. The van der Waals surface area contributed by atoms with E-state index in [0.29, 0.717) is 17.8 Å². The van der Waals surface area contributed by atoms with Crippen LogP contribution in [0.25, 0.3) is 17.0 Å². The first kappa shape index (κ1) is 21.1. The first-order valence-electron chi connectivity index (χ1n) is 8.70. The highest BCUT2D eigenvalue weighted by atomic mass is 19.3. The highest BCUT2D eigenvalue weighted by molar-refractivity contribution is 5.78. The highest BCUT2D eigenvalue weighted by Crippen LogP contribution is 2.29. The Hall–Kier alpha value is -4.10. The second-order valence-electron chi connectivity index (χ2n) is 6.21. The van der Waals surface area contributed by atoms with Crippen molar-refractivity contribution < 1.29 is 31.1 Å². The monoisotopic (exact) mass is 455 g/mol. The molecule has 8 nitrogen and oxygen atoms in total. The zero-order valence-corrected chi connectivity index (χ0v) is 15.6. The van der Waals surface area contributed by atoms with E-state index in [1.54, 1.807) is 0 Å². The zero-order valence-electron chi connectivity index (χ0n) is 15.6. The molecule has 0 unspecified atom stereocenters. The van der Waals surface area contributed by atoms with E-state index in [4.69, 9.17) is 5.73 Å². The Kier molecular flexibility index (Phi) is 5.42. The minimum atomic E-state index is -3.13. The van der Waals surface area contributed by atoms with E-state index in [2.05, 4.69) is 30.0 Å². The number of benzene rings is 2. The fourth-order valence-corrected chi connectivity index (χ4v) is 2.83. The average Bonchev–Trinajstić information content (AvgIpc) is 3.07. The first-order valence-corrected chi connectivity index (χ1v) is 8.70. The fourth-order valence-electron chi connectivity index (χ4n) is 2.83. The number of halogens is 6. The average molecular weight is 455 g/mol. The van der Waals surface area contributed by atoms with Crippen LogP contribution in [0.15, 0.2) is 36.4 Å². The Balaban J connectivity index is 1.75. The van der Waals surface area contributed by atoms with Crippen LogP contribution in [-0.4, -0.2) is 31.1 Å². The Morgan fingerprint density at radius 3 is 2.25 bits per heavy atom. The normalized spacial score (nSPS) is 11.5. The van der Waals surface area contributed by atoms with Gasteiger partial charge in [-0.15, -0.1) is 0 Å². The van der Waals surface area contributed by atoms with Gasteiger partial charge in [-0.3, -0.25) is 4.57 Å². The standard InChI is InChI=1S/C18H11F6N7O/c19-9-5-11-12(6-10(9)20)31(14(27-11)13(21)22)18-29-16(25)28-17(30-18)26-7-1-3-8(4-2-7)32-15(23)24/h1-6,13,15H,(H3,25,26,28,29,30). The van der Waals surface area contributed by atoms with E-state index in [0.717, 1.165) is 4.57 Å². The highest BCUT2D eigenvalue weighted by Gasteiger charge is 2.24. The van der Waals surface area contributed by atoms with Gasteiger partial charge in [0.15, 0.2) is 17.5 Å². The van der Waals surface area contributed by atoms with Crippen molar-refractivity contribution in [3.05, 3.63) is 53.9 Å². The lowest BCUT2D eigenvalue weighted by atomic mass is 10.3. The van der Waals surface area contributed by atoms with E-state index < -0.39 is 36.4 Å². The van der Waals surface area contributed by atoms with Crippen molar-refractivity contribution in [1.82, 2.24) is 24.5 Å². The number of nitrogen functional groups attached to an aromatic ring is 1. The van der Waals surface area contributed by atoms with Crippen LogP contribution in [-0.2, 0) is 0 Å². The lowest BCUT2D eigenvalue weighted by Crippen LogP contribution is -2.11. The minimum absolute atomic E-state index is 0.0953. The van der Waals surface area contributed by atoms with Gasteiger partial charge < -0.3 is 15.8 Å². The van der Waals surface area contributed by atoms with Crippen molar-refractivity contribution in [2.45, 2.75) is 13.0 Å². The summed E-state index contributed by atoms with van der Waals surface area (Å²) in [5.74, 6) is -4.51. The number of rotatable bonds is 6. The molecule has 0 fully saturated rings. The molecule has 2 aromatic carbocycles. The van der Waals surface area contributed by atoms with Crippen molar-refractivity contribution in [3.8, 4) is 11.7 Å². The third-order valence-electron chi connectivity index (χ3n) is 4.09. The molecule has 3 N–H and O–H groups in total. The van der Waals surface area contributed by atoms with Crippen LogP contribution in [0.3, 0.4) is 0 Å². The second-order valence-corrected chi connectivity index (χ2v) is 6.21. The number of nitrogens with zero attached hydrogens (tertiary/aromatic N) is 5. The van der Waals surface area contributed by atoms with Gasteiger partial charge in [-0.25, -0.2) is 22.5 Å². The van der Waals surface area contributed by atoms with Crippen LogP contribution >= 0.6 is 0 Å². The van der Waals surface area contributed by atoms with E-state index in [9.17, 15) is 26.3 Å². The minimum Gasteiger partial charge on any atom is -0.435 e. The van der Waals surface area contributed by atoms with Gasteiger partial charge in [-0.2, -0.15) is 23.7 Å². The molecule has 32 heavy (non-hydrogen) atoms. The summed E-state index contributed by atoms with van der Waals surface area (Å²) < 4.78 is 83.9. The van der Waals surface area contributed by atoms with Gasteiger partial charge in [0.1, 0.15) is 5.75 Å². The summed E-state index contributed by atoms with van der Waals surface area (Å²) in [7, 11) is 0. The molecule has 0 bridgehead atoms. The predicted molar refractivity (Wildman–Crippen MR) is 100 cm³/mol. The summed E-state index contributed by atoms with van der Waals surface area (Å²) >= 11 is 0. The van der Waals surface area contributed by atoms with Crippen molar-refractivity contribution in [1.29, 1.82) is 0 Å². The number of aromatic nitrogens is 5. The molecule has 0 radical (unpaired) electrons. The molecule has 2 heterocycles. The maximum atomic E-state index is 13.8. The number of nitrogens with two attached hydrogens (primary N) is 1. The van der Waals surface area contributed by atoms with Gasteiger partial charge in [-0.05, 0) is 24.3 Å². The van der Waals surface area contributed by atoms with Crippen molar-refractivity contribution in [2.75, 3.05) is 11.1 Å². The maximum absolute atomic E-state index is 13.8. The van der Waals surface area contributed by atoms with E-state index in [-0.39, 0.29) is 28.7 Å². The molecule has 0 saturated carbocycles. The number of hydrogen-bond donors (Lipinski definition) is 2. The maximum Gasteiger partial charge on any atom is 0.387 e. The van der Waals surface area contributed by atoms with Crippen molar-refractivity contribution >= 4 is 28.6 Å². The van der Waals surface area contributed by atoms with E-state index >= 15 is 0 Å². The van der Waals surface area contributed by atoms with Crippen LogP contribution in [0.2, 0.25) is 0 Å². The molecule has 0 atom stereocenters. The molecule has 4 rings (SSSR count).